The smallest absolute Gasteiger partial charge is 0.231 e. The van der Waals surface area contributed by atoms with Gasteiger partial charge >= 0.3 is 0 Å². The van der Waals surface area contributed by atoms with Crippen LogP contribution in [-0.4, -0.2) is 33.9 Å². The van der Waals surface area contributed by atoms with E-state index in [9.17, 15) is 4.79 Å². The van der Waals surface area contributed by atoms with Gasteiger partial charge < -0.3 is 29.0 Å². The number of rotatable bonds is 4. The monoisotopic (exact) mass is 357 g/mol. The summed E-state index contributed by atoms with van der Waals surface area (Å²) < 4.78 is 27.0. The van der Waals surface area contributed by atoms with E-state index in [1.807, 2.05) is 12.1 Å². The Kier molecular flexibility index (Phi) is 3.99. The van der Waals surface area contributed by atoms with Gasteiger partial charge in [0.25, 0.3) is 0 Å². The minimum Gasteiger partial charge on any atom is -0.493 e. The molecule has 7 nitrogen and oxygen atoms in total. The molecule has 2 aromatic carbocycles. The SMILES string of the molecule is COc1cc(C2CC(=O)c3cc4c(cc3N2)OCO4)cc(OC)c1OC. The second-order valence-corrected chi connectivity index (χ2v) is 6.03. The summed E-state index contributed by atoms with van der Waals surface area (Å²) in [5.41, 5.74) is 2.21. The minimum atomic E-state index is -0.218. The number of anilines is 1. The number of carbonyl (C=O) groups excluding carboxylic acids is 1. The van der Waals surface area contributed by atoms with Gasteiger partial charge in [-0.3, -0.25) is 4.79 Å². The maximum Gasteiger partial charge on any atom is 0.231 e. The van der Waals surface area contributed by atoms with Crippen molar-refractivity contribution in [2.45, 2.75) is 12.5 Å². The van der Waals surface area contributed by atoms with Crippen LogP contribution in [0, 0.1) is 0 Å². The average Bonchev–Trinajstić information content (AvgIpc) is 3.12. The number of nitrogens with one attached hydrogen (secondary N) is 1. The normalized spacial score (nSPS) is 17.3. The van der Waals surface area contributed by atoms with Crippen LogP contribution in [0.4, 0.5) is 5.69 Å². The zero-order chi connectivity index (χ0) is 18.3. The average molecular weight is 357 g/mol. The molecule has 0 spiro atoms. The summed E-state index contributed by atoms with van der Waals surface area (Å²) in [4.78, 5) is 12.7. The highest BCUT2D eigenvalue weighted by Crippen LogP contribution is 2.44. The molecule has 0 bridgehead atoms. The van der Waals surface area contributed by atoms with Crippen LogP contribution in [-0.2, 0) is 0 Å². The van der Waals surface area contributed by atoms with Gasteiger partial charge in [-0.15, -0.1) is 0 Å². The number of fused-ring (bicyclic) bond motifs is 2. The molecule has 1 N–H and O–H groups in total. The van der Waals surface area contributed by atoms with Gasteiger partial charge in [-0.1, -0.05) is 0 Å². The summed E-state index contributed by atoms with van der Waals surface area (Å²) in [5.74, 6) is 2.89. The molecule has 0 aliphatic carbocycles. The molecule has 0 saturated carbocycles. The number of hydrogen-bond donors (Lipinski definition) is 1. The van der Waals surface area contributed by atoms with Gasteiger partial charge in [-0.25, -0.2) is 0 Å². The van der Waals surface area contributed by atoms with Crippen molar-refractivity contribution in [2.24, 2.45) is 0 Å². The number of benzene rings is 2. The fraction of sp³-hybridized carbons (Fsp3) is 0.316. The van der Waals surface area contributed by atoms with Crippen molar-refractivity contribution in [1.82, 2.24) is 0 Å². The highest BCUT2D eigenvalue weighted by atomic mass is 16.7. The van der Waals surface area contributed by atoms with Crippen LogP contribution in [0.25, 0.3) is 0 Å². The highest BCUT2D eigenvalue weighted by Gasteiger charge is 2.30. The molecule has 26 heavy (non-hydrogen) atoms. The predicted octanol–water partition coefficient (Wildman–Crippen LogP) is 3.18. The standard InChI is InChI=1S/C19H19NO6/c1-22-17-4-10(5-18(23-2)19(17)24-3)12-7-14(21)11-6-15-16(26-9-25-15)8-13(11)20-12/h4-6,8,12,20H,7,9H2,1-3H3. The summed E-state index contributed by atoms with van der Waals surface area (Å²) in [6.07, 6.45) is 0.311. The Bertz CT molecular complexity index is 854. The first-order valence-corrected chi connectivity index (χ1v) is 8.18. The van der Waals surface area contributed by atoms with E-state index in [-0.39, 0.29) is 18.6 Å². The molecule has 1 unspecified atom stereocenters. The third-order valence-electron chi connectivity index (χ3n) is 4.62. The van der Waals surface area contributed by atoms with Crippen molar-refractivity contribution >= 4 is 11.5 Å². The third kappa shape index (κ3) is 2.56. The summed E-state index contributed by atoms with van der Waals surface area (Å²) in [6, 6.07) is 7.02. The number of methoxy groups -OCH3 is 3. The summed E-state index contributed by atoms with van der Waals surface area (Å²) in [5, 5.41) is 3.41. The first-order valence-electron chi connectivity index (χ1n) is 8.18. The number of ketones is 1. The molecule has 2 aliphatic heterocycles. The minimum absolute atomic E-state index is 0.0378. The Morgan fingerprint density at radius 2 is 1.62 bits per heavy atom. The van der Waals surface area contributed by atoms with Crippen LogP contribution in [0.1, 0.15) is 28.4 Å². The van der Waals surface area contributed by atoms with E-state index in [2.05, 4.69) is 5.32 Å². The Hall–Kier alpha value is -3.09. The van der Waals surface area contributed by atoms with Crippen LogP contribution in [0.2, 0.25) is 0 Å². The van der Waals surface area contributed by atoms with E-state index in [0.29, 0.717) is 40.7 Å². The zero-order valence-corrected chi connectivity index (χ0v) is 14.8. The van der Waals surface area contributed by atoms with Gasteiger partial charge in [0, 0.05) is 23.7 Å². The molecule has 0 fully saturated rings. The molecule has 2 aliphatic rings. The van der Waals surface area contributed by atoms with Crippen molar-refractivity contribution in [2.75, 3.05) is 33.4 Å². The summed E-state index contributed by atoms with van der Waals surface area (Å²) >= 11 is 0. The van der Waals surface area contributed by atoms with Gasteiger partial charge in [0.1, 0.15) is 0 Å². The van der Waals surface area contributed by atoms with Crippen LogP contribution < -0.4 is 29.0 Å². The first-order chi connectivity index (χ1) is 12.6. The number of ether oxygens (including phenoxy) is 5. The molecule has 136 valence electrons. The molecule has 0 saturated heterocycles. The van der Waals surface area contributed by atoms with E-state index < -0.39 is 0 Å². The Balaban J connectivity index is 1.73. The van der Waals surface area contributed by atoms with Crippen LogP contribution in [0.3, 0.4) is 0 Å². The lowest BCUT2D eigenvalue weighted by atomic mass is 9.91. The van der Waals surface area contributed by atoms with Crippen molar-refractivity contribution in [3.05, 3.63) is 35.4 Å². The molecule has 2 aromatic rings. The molecule has 0 radical (unpaired) electrons. The van der Waals surface area contributed by atoms with Crippen molar-refractivity contribution < 1.29 is 28.5 Å². The Morgan fingerprint density at radius 1 is 0.962 bits per heavy atom. The highest BCUT2D eigenvalue weighted by molar-refractivity contribution is 6.04. The maximum absolute atomic E-state index is 12.7. The van der Waals surface area contributed by atoms with Crippen LogP contribution in [0.15, 0.2) is 24.3 Å². The predicted molar refractivity (Wildman–Crippen MR) is 94.0 cm³/mol. The van der Waals surface area contributed by atoms with Crippen molar-refractivity contribution in [3.8, 4) is 28.7 Å². The van der Waals surface area contributed by atoms with E-state index in [1.165, 1.54) is 0 Å². The van der Waals surface area contributed by atoms with E-state index in [0.717, 1.165) is 11.3 Å². The van der Waals surface area contributed by atoms with E-state index in [4.69, 9.17) is 23.7 Å². The van der Waals surface area contributed by atoms with Gasteiger partial charge in [0.15, 0.2) is 28.8 Å². The molecular formula is C19H19NO6. The quantitative estimate of drug-likeness (QED) is 0.901. The topological polar surface area (TPSA) is 75.3 Å². The van der Waals surface area contributed by atoms with Crippen LogP contribution in [0.5, 0.6) is 28.7 Å². The molecule has 2 heterocycles. The van der Waals surface area contributed by atoms with E-state index in [1.54, 1.807) is 33.5 Å². The van der Waals surface area contributed by atoms with Crippen molar-refractivity contribution in [1.29, 1.82) is 0 Å². The van der Waals surface area contributed by atoms with Crippen molar-refractivity contribution in [3.63, 3.8) is 0 Å². The van der Waals surface area contributed by atoms with Crippen LogP contribution >= 0.6 is 0 Å². The Morgan fingerprint density at radius 3 is 2.23 bits per heavy atom. The second kappa shape index (κ2) is 6.33. The maximum atomic E-state index is 12.7. The lowest BCUT2D eigenvalue weighted by Gasteiger charge is -2.27. The number of carbonyl (C=O) groups is 1. The first kappa shape index (κ1) is 16.4. The molecular weight excluding hydrogens is 338 g/mol. The number of Topliss-reactive ketones (excluding diaryl/α,β-unsaturated/α-hetero) is 1. The molecule has 4 rings (SSSR count). The fourth-order valence-electron chi connectivity index (χ4n) is 3.33. The largest absolute Gasteiger partial charge is 0.493 e. The number of hydrogen-bond acceptors (Lipinski definition) is 7. The molecule has 1 atom stereocenters. The van der Waals surface area contributed by atoms with Gasteiger partial charge in [0.2, 0.25) is 12.5 Å². The van der Waals surface area contributed by atoms with Gasteiger partial charge in [-0.2, -0.15) is 0 Å². The van der Waals surface area contributed by atoms with Gasteiger partial charge in [-0.05, 0) is 23.8 Å². The summed E-state index contributed by atoms with van der Waals surface area (Å²) in [6.45, 7) is 0.169. The third-order valence-corrected chi connectivity index (χ3v) is 4.62. The second-order valence-electron chi connectivity index (χ2n) is 6.03. The van der Waals surface area contributed by atoms with E-state index >= 15 is 0 Å². The molecule has 7 heteroatoms. The summed E-state index contributed by atoms with van der Waals surface area (Å²) in [7, 11) is 4.69. The van der Waals surface area contributed by atoms with Gasteiger partial charge in [0.05, 0.1) is 27.4 Å². The molecule has 0 aromatic heterocycles. The lowest BCUT2D eigenvalue weighted by molar-refractivity contribution is 0.0971. The molecule has 0 amide bonds. The fourth-order valence-corrected chi connectivity index (χ4v) is 3.33. The lowest BCUT2D eigenvalue weighted by Crippen LogP contribution is -2.23. The Labute approximate surface area is 150 Å². The zero-order valence-electron chi connectivity index (χ0n) is 14.8.